The van der Waals surface area contributed by atoms with Crippen LogP contribution in [0, 0.1) is 45.3 Å². The fraction of sp³-hybridized carbons (Fsp3) is 0.929. The molecule has 4 saturated carbocycles. The van der Waals surface area contributed by atoms with Crippen LogP contribution in [-0.2, 0) is 9.53 Å². The average Bonchev–Trinajstić information content (AvgIpc) is 3.32. The van der Waals surface area contributed by atoms with Gasteiger partial charge in [-0.1, -0.05) is 105 Å². The van der Waals surface area contributed by atoms with E-state index in [1.165, 1.54) is 95.5 Å². The number of carbonyl (C=O) groups excluding carboxylic acids is 1. The molecule has 0 amide bonds. The van der Waals surface area contributed by atoms with Gasteiger partial charge in [0.2, 0.25) is 0 Å². The van der Waals surface area contributed by atoms with E-state index < -0.39 is 5.60 Å². The number of fused-ring (bicyclic) bond motifs is 5. The van der Waals surface area contributed by atoms with E-state index in [2.05, 4.69) is 68.4 Å². The van der Waals surface area contributed by atoms with E-state index in [1.54, 1.807) is 0 Å². The molecule has 0 saturated heterocycles. The van der Waals surface area contributed by atoms with Crippen molar-refractivity contribution in [1.29, 1.82) is 0 Å². The third kappa shape index (κ3) is 7.44. The number of esters is 1. The molecule has 4 rings (SSSR count). The van der Waals surface area contributed by atoms with E-state index in [0.717, 1.165) is 32.1 Å². The molecule has 3 nitrogen and oxygen atoms in total. The van der Waals surface area contributed by atoms with Gasteiger partial charge in [-0.3, -0.25) is 4.79 Å². The summed E-state index contributed by atoms with van der Waals surface area (Å²) in [5, 5.41) is 11.8. The van der Waals surface area contributed by atoms with Crippen LogP contribution in [0.15, 0.2) is 11.6 Å². The number of unbranched alkanes of at least 4 members (excludes halogenated alkanes) is 8. The van der Waals surface area contributed by atoms with Crippen molar-refractivity contribution in [1.82, 2.24) is 0 Å². The largest absolute Gasteiger partial charge is 0.462 e. The lowest BCUT2D eigenvalue weighted by atomic mass is 9.35. The summed E-state index contributed by atoms with van der Waals surface area (Å²) in [6.45, 7) is 21.5. The summed E-state index contributed by atoms with van der Waals surface area (Å²) in [5.74, 6) is 2.37. The summed E-state index contributed by atoms with van der Waals surface area (Å²) in [5.41, 5.74) is 1.66. The Kier molecular flexibility index (Phi) is 12.1. The van der Waals surface area contributed by atoms with Crippen molar-refractivity contribution in [3.8, 4) is 0 Å². The molecule has 0 aliphatic heterocycles. The third-order valence-electron chi connectivity index (χ3n) is 15.1. The molecular weight excluding hydrogens is 552 g/mol. The minimum absolute atomic E-state index is 0.00699. The maximum atomic E-state index is 13.1. The Morgan fingerprint density at radius 3 is 2.07 bits per heavy atom. The Morgan fingerprint density at radius 1 is 0.800 bits per heavy atom. The van der Waals surface area contributed by atoms with Crippen LogP contribution in [-0.4, -0.2) is 22.8 Å². The maximum absolute atomic E-state index is 13.1. The molecule has 4 aliphatic carbocycles. The minimum atomic E-state index is -0.586. The average molecular weight is 627 g/mol. The molecule has 0 spiro atoms. The Balaban J connectivity index is 1.36. The van der Waals surface area contributed by atoms with Gasteiger partial charge in [-0.2, -0.15) is 0 Å². The summed E-state index contributed by atoms with van der Waals surface area (Å²) in [7, 11) is 0. The van der Waals surface area contributed by atoms with E-state index >= 15 is 0 Å². The highest BCUT2D eigenvalue weighted by Gasteiger charge is 2.69. The molecule has 4 aliphatic rings. The zero-order valence-corrected chi connectivity index (χ0v) is 31.4. The van der Waals surface area contributed by atoms with Crippen LogP contribution in [0.2, 0.25) is 0 Å². The van der Waals surface area contributed by atoms with E-state index in [9.17, 15) is 9.90 Å². The molecule has 4 fully saturated rings. The van der Waals surface area contributed by atoms with Gasteiger partial charge in [0.25, 0.3) is 0 Å². The fourth-order valence-electron chi connectivity index (χ4n) is 12.3. The molecule has 45 heavy (non-hydrogen) atoms. The van der Waals surface area contributed by atoms with Gasteiger partial charge in [-0.25, -0.2) is 0 Å². The highest BCUT2D eigenvalue weighted by atomic mass is 16.5. The van der Waals surface area contributed by atoms with E-state index in [0.29, 0.717) is 35.5 Å². The van der Waals surface area contributed by atoms with Crippen molar-refractivity contribution in [2.24, 2.45) is 45.3 Å². The van der Waals surface area contributed by atoms with Crippen molar-refractivity contribution >= 4 is 5.97 Å². The zero-order chi connectivity index (χ0) is 33.1. The van der Waals surface area contributed by atoms with E-state index in [1.807, 2.05) is 0 Å². The number of allylic oxidation sites excluding steroid dienone is 2. The van der Waals surface area contributed by atoms with Gasteiger partial charge in [0.15, 0.2) is 0 Å². The van der Waals surface area contributed by atoms with Crippen molar-refractivity contribution in [3.05, 3.63) is 11.6 Å². The normalized spacial score (nSPS) is 38.4. The maximum Gasteiger partial charge on any atom is 0.306 e. The second kappa shape index (κ2) is 14.7. The molecule has 3 heteroatoms. The predicted molar refractivity (Wildman–Crippen MR) is 190 cm³/mol. The Labute approximate surface area is 279 Å². The van der Waals surface area contributed by atoms with Crippen LogP contribution in [0.3, 0.4) is 0 Å². The Bertz CT molecular complexity index is 1010. The van der Waals surface area contributed by atoms with Gasteiger partial charge in [-0.05, 0) is 131 Å². The highest BCUT2D eigenvalue weighted by molar-refractivity contribution is 5.69. The van der Waals surface area contributed by atoms with Crippen LogP contribution in [0.1, 0.15) is 191 Å². The van der Waals surface area contributed by atoms with E-state index in [-0.39, 0.29) is 28.3 Å². The highest BCUT2D eigenvalue weighted by Crippen LogP contribution is 2.76. The smallest absolute Gasteiger partial charge is 0.306 e. The SMILES string of the molecule is CCCCCCCCCCCC(=O)OC1CCC2(C)C(CCC3(C)C2CCC2C(C(C)(O)CCC=C(C)C)CCC23C)C1(C)C. The van der Waals surface area contributed by atoms with Crippen molar-refractivity contribution in [2.75, 3.05) is 0 Å². The zero-order valence-electron chi connectivity index (χ0n) is 31.4. The summed E-state index contributed by atoms with van der Waals surface area (Å²) in [6.07, 6.45) is 26.0. The molecule has 1 N–H and O–H groups in total. The molecule has 0 aromatic carbocycles. The van der Waals surface area contributed by atoms with Crippen LogP contribution >= 0.6 is 0 Å². The topological polar surface area (TPSA) is 46.5 Å². The predicted octanol–water partition coefficient (Wildman–Crippen LogP) is 12.0. The second-order valence-electron chi connectivity index (χ2n) is 18.4. The molecular formula is C42H74O3. The van der Waals surface area contributed by atoms with Crippen molar-refractivity contribution in [2.45, 2.75) is 202 Å². The van der Waals surface area contributed by atoms with Gasteiger partial charge >= 0.3 is 5.97 Å². The summed E-state index contributed by atoms with van der Waals surface area (Å²) >= 11 is 0. The van der Waals surface area contributed by atoms with Crippen LogP contribution < -0.4 is 0 Å². The number of carbonyl (C=O) groups is 1. The van der Waals surface area contributed by atoms with Gasteiger partial charge in [-0.15, -0.1) is 0 Å². The Morgan fingerprint density at radius 2 is 1.42 bits per heavy atom. The lowest BCUT2D eigenvalue weighted by Crippen LogP contribution is -2.64. The van der Waals surface area contributed by atoms with Crippen molar-refractivity contribution < 1.29 is 14.6 Å². The molecule has 9 atom stereocenters. The van der Waals surface area contributed by atoms with Crippen LogP contribution in [0.25, 0.3) is 0 Å². The quantitative estimate of drug-likeness (QED) is 0.112. The number of rotatable bonds is 15. The molecule has 0 heterocycles. The number of hydrogen-bond donors (Lipinski definition) is 1. The molecule has 0 radical (unpaired) electrons. The number of hydrogen-bond acceptors (Lipinski definition) is 3. The Hall–Kier alpha value is -0.830. The molecule has 260 valence electrons. The third-order valence-corrected chi connectivity index (χ3v) is 15.1. The molecule has 9 unspecified atom stereocenters. The molecule has 0 bridgehead atoms. The fourth-order valence-corrected chi connectivity index (χ4v) is 12.3. The van der Waals surface area contributed by atoms with Crippen molar-refractivity contribution in [3.63, 3.8) is 0 Å². The van der Waals surface area contributed by atoms with Gasteiger partial charge in [0.1, 0.15) is 6.10 Å². The molecule has 0 aromatic rings. The van der Waals surface area contributed by atoms with Gasteiger partial charge < -0.3 is 9.84 Å². The second-order valence-corrected chi connectivity index (χ2v) is 18.4. The first-order valence-corrected chi connectivity index (χ1v) is 19.7. The monoisotopic (exact) mass is 627 g/mol. The minimum Gasteiger partial charge on any atom is -0.462 e. The van der Waals surface area contributed by atoms with Gasteiger partial charge in [0.05, 0.1) is 5.60 Å². The lowest BCUT2D eigenvalue weighted by molar-refractivity contribution is -0.230. The standard InChI is InChI=1S/C42H74O3/c1-10-11-12-13-14-15-16-17-18-21-37(43)45-36-26-28-39(6)34(38(36,4)5)25-30-41(8)35(39)23-22-32-33(24-29-40(32,41)7)42(9,44)27-19-20-31(2)3/h20,32-36,44H,10-19,21-30H2,1-9H3. The number of ether oxygens (including phenoxy) is 1. The summed E-state index contributed by atoms with van der Waals surface area (Å²) in [4.78, 5) is 13.1. The molecule has 0 aromatic heterocycles. The first-order chi connectivity index (χ1) is 21.1. The van der Waals surface area contributed by atoms with Crippen LogP contribution in [0.4, 0.5) is 0 Å². The van der Waals surface area contributed by atoms with Crippen LogP contribution in [0.5, 0.6) is 0 Å². The summed E-state index contributed by atoms with van der Waals surface area (Å²) < 4.78 is 6.35. The number of aliphatic hydroxyl groups is 1. The lowest BCUT2D eigenvalue weighted by Gasteiger charge is -2.70. The first-order valence-electron chi connectivity index (χ1n) is 19.7. The van der Waals surface area contributed by atoms with Gasteiger partial charge in [0, 0.05) is 11.8 Å². The first kappa shape index (κ1) is 37.0. The van der Waals surface area contributed by atoms with E-state index in [4.69, 9.17) is 4.74 Å². The summed E-state index contributed by atoms with van der Waals surface area (Å²) in [6, 6.07) is 0.